The van der Waals surface area contributed by atoms with Crippen molar-refractivity contribution in [2.75, 3.05) is 13.1 Å². The Labute approximate surface area is 90.1 Å². The maximum absolute atomic E-state index is 7.79. The van der Waals surface area contributed by atoms with Crippen LogP contribution in [0.15, 0.2) is 22.9 Å². The number of rotatable bonds is 2. The molecule has 64 valence electrons. The normalized spacial score (nSPS) is 37.8. The van der Waals surface area contributed by atoms with Crippen molar-refractivity contribution in [1.29, 1.82) is 0 Å². The van der Waals surface area contributed by atoms with Gasteiger partial charge in [-0.3, -0.25) is 4.98 Å². The van der Waals surface area contributed by atoms with Gasteiger partial charge in [0.1, 0.15) is 11.8 Å². The van der Waals surface area contributed by atoms with E-state index in [0.29, 0.717) is 0 Å². The highest BCUT2D eigenvalue weighted by Crippen LogP contribution is 2.24. The molecule has 0 spiro atoms. The van der Waals surface area contributed by atoms with Gasteiger partial charge in [-0.25, -0.2) is 0 Å². The Hall–Kier alpha value is -0.610. The second-order valence-electron chi connectivity index (χ2n) is 1.84. The fourth-order valence-electron chi connectivity index (χ4n) is 0.568. The van der Waals surface area contributed by atoms with Crippen LogP contribution in [0.4, 0.5) is 0 Å². The summed E-state index contributed by atoms with van der Waals surface area (Å²) in [5.74, 6) is -0.499. The molecule has 0 unspecified atom stereocenters. The molecule has 1 saturated heterocycles. The first-order chi connectivity index (χ1) is 8.93. The van der Waals surface area contributed by atoms with Gasteiger partial charge < -0.3 is 9.47 Å². The molecule has 4 heteroatoms. The highest BCUT2D eigenvalue weighted by atomic mass is 79.9. The van der Waals surface area contributed by atoms with Gasteiger partial charge in [-0.2, -0.15) is 0 Å². The maximum atomic E-state index is 7.79. The number of ether oxygens (including phenoxy) is 2. The van der Waals surface area contributed by atoms with Crippen molar-refractivity contribution in [1.82, 2.24) is 4.98 Å². The van der Waals surface area contributed by atoms with Crippen LogP contribution in [0, 0.1) is 0 Å². The third kappa shape index (κ3) is 1.59. The van der Waals surface area contributed by atoms with Crippen molar-refractivity contribution < 1.29 is 20.4 Å². The summed E-state index contributed by atoms with van der Waals surface area (Å²) in [4.78, 5) is 3.42. The second-order valence-corrected chi connectivity index (χ2v) is 2.63. The molecule has 0 aliphatic carbocycles. The molecule has 1 aliphatic heterocycles. The summed E-state index contributed by atoms with van der Waals surface area (Å²) < 4.78 is 68.9. The van der Waals surface area contributed by atoms with Crippen LogP contribution in [0.3, 0.4) is 0 Å². The van der Waals surface area contributed by atoms with E-state index in [1.807, 2.05) is 0 Å². The van der Waals surface area contributed by atoms with Gasteiger partial charge in [-0.15, -0.1) is 0 Å². The van der Waals surface area contributed by atoms with E-state index >= 15 is 0 Å². The lowest BCUT2D eigenvalue weighted by Gasteiger charge is -2.26. The highest BCUT2D eigenvalue weighted by Gasteiger charge is 2.20. The fraction of sp³-hybridized carbons (Fsp3) is 0.375. The SMILES string of the molecule is [2H]c1nc([2H])c(Br)c(OC2([2H])C([2H])([2H])OC2([2H])[2H])c1[2H]. The monoisotopic (exact) mass is 237 g/mol. The smallest absolute Gasteiger partial charge is 0.145 e. The van der Waals surface area contributed by atoms with E-state index in [-0.39, 0.29) is 4.47 Å². The summed E-state index contributed by atoms with van der Waals surface area (Å²) in [5.41, 5.74) is 0. The molecule has 0 bridgehead atoms. The van der Waals surface area contributed by atoms with Gasteiger partial charge in [0.25, 0.3) is 0 Å². The van der Waals surface area contributed by atoms with E-state index in [2.05, 4.69) is 25.7 Å². The van der Waals surface area contributed by atoms with Gasteiger partial charge in [-0.05, 0) is 22.0 Å². The van der Waals surface area contributed by atoms with Crippen molar-refractivity contribution in [3.8, 4) is 5.75 Å². The standard InChI is InChI=1S/C8H8BrNO2/c9-7-3-10-2-1-8(7)12-6-4-11-5-6/h1-3,6H,4-5H2/i1D,2D,3D,4D2,5D2,6D. The van der Waals surface area contributed by atoms with Crippen molar-refractivity contribution in [3.05, 3.63) is 22.9 Å². The summed E-state index contributed by atoms with van der Waals surface area (Å²) in [6.45, 7) is -5.48. The first-order valence-corrected chi connectivity index (χ1v) is 3.75. The molecule has 2 heterocycles. The van der Waals surface area contributed by atoms with Crippen molar-refractivity contribution >= 4 is 15.9 Å². The van der Waals surface area contributed by atoms with Crippen LogP contribution >= 0.6 is 15.9 Å². The van der Waals surface area contributed by atoms with Crippen LogP contribution < -0.4 is 4.74 Å². The summed E-state index contributed by atoms with van der Waals surface area (Å²) in [6, 6.07) is -0.585. The Kier molecular flexibility index (Phi) is 0.840. The van der Waals surface area contributed by atoms with E-state index in [0.717, 1.165) is 0 Å². The summed E-state index contributed by atoms with van der Waals surface area (Å²) >= 11 is 2.90. The number of aromatic nitrogens is 1. The molecule has 2 rings (SSSR count). The van der Waals surface area contributed by atoms with Crippen molar-refractivity contribution in [3.63, 3.8) is 0 Å². The predicted molar refractivity (Wildman–Crippen MR) is 47.2 cm³/mol. The largest absolute Gasteiger partial charge is 0.484 e. The summed E-state index contributed by atoms with van der Waals surface area (Å²) in [5, 5.41) is 0. The Bertz CT molecular complexity index is 540. The van der Waals surface area contributed by atoms with Crippen molar-refractivity contribution in [2.24, 2.45) is 0 Å². The van der Waals surface area contributed by atoms with Crippen LogP contribution in [-0.2, 0) is 4.74 Å². The molecular weight excluding hydrogens is 222 g/mol. The quantitative estimate of drug-likeness (QED) is 0.784. The van der Waals surface area contributed by atoms with Crippen LogP contribution in [0.1, 0.15) is 11.0 Å². The van der Waals surface area contributed by atoms with Crippen molar-refractivity contribution in [2.45, 2.75) is 6.08 Å². The lowest BCUT2D eigenvalue weighted by molar-refractivity contribution is -0.0799. The van der Waals surface area contributed by atoms with E-state index in [1.54, 1.807) is 0 Å². The average molecular weight is 238 g/mol. The molecule has 0 radical (unpaired) electrons. The molecule has 0 atom stereocenters. The molecule has 1 aromatic heterocycles. The number of pyridine rings is 1. The fourth-order valence-corrected chi connectivity index (χ4v) is 0.837. The maximum Gasteiger partial charge on any atom is 0.145 e. The van der Waals surface area contributed by atoms with Crippen LogP contribution in [0.2, 0.25) is 0 Å². The molecule has 1 aliphatic rings. The molecular formula is C8H8BrNO2. The Morgan fingerprint density at radius 2 is 2.75 bits per heavy atom. The minimum atomic E-state index is -2.77. The zero-order chi connectivity index (χ0) is 15.5. The minimum absolute atomic E-state index is 0.163. The number of hydrogen-bond donors (Lipinski definition) is 0. The van der Waals surface area contributed by atoms with Crippen LogP contribution in [0.25, 0.3) is 0 Å². The lowest BCUT2D eigenvalue weighted by atomic mass is 10.3. The van der Waals surface area contributed by atoms with E-state index in [9.17, 15) is 0 Å². The first-order valence-electron chi connectivity index (χ1n) is 6.95. The van der Waals surface area contributed by atoms with Gasteiger partial charge in [0.2, 0.25) is 0 Å². The summed E-state index contributed by atoms with van der Waals surface area (Å²) in [6.07, 6.45) is -3.80. The average Bonchev–Trinajstić information content (AvgIpc) is 2.30. The molecule has 1 aromatic rings. The Morgan fingerprint density at radius 3 is 3.50 bits per heavy atom. The number of hydrogen-bond acceptors (Lipinski definition) is 3. The Morgan fingerprint density at radius 1 is 1.92 bits per heavy atom. The minimum Gasteiger partial charge on any atom is -0.484 e. The second kappa shape index (κ2) is 3.41. The molecule has 0 saturated carbocycles. The van der Waals surface area contributed by atoms with Gasteiger partial charge in [0.15, 0.2) is 0 Å². The topological polar surface area (TPSA) is 31.4 Å². The van der Waals surface area contributed by atoms with E-state index in [1.165, 1.54) is 0 Å². The Balaban J connectivity index is 2.50. The van der Waals surface area contributed by atoms with Gasteiger partial charge in [0, 0.05) is 12.3 Å². The molecule has 12 heavy (non-hydrogen) atoms. The van der Waals surface area contributed by atoms with E-state index < -0.39 is 43.3 Å². The first kappa shape index (κ1) is 2.96. The van der Waals surface area contributed by atoms with Gasteiger partial charge >= 0.3 is 0 Å². The number of halogens is 1. The van der Waals surface area contributed by atoms with E-state index in [4.69, 9.17) is 15.7 Å². The predicted octanol–water partition coefficient (Wildman–Crippen LogP) is 1.62. The summed E-state index contributed by atoms with van der Waals surface area (Å²) in [7, 11) is 0. The third-order valence-electron chi connectivity index (χ3n) is 1.07. The molecule has 1 fully saturated rings. The molecule has 0 amide bonds. The third-order valence-corrected chi connectivity index (χ3v) is 1.61. The lowest BCUT2D eigenvalue weighted by Crippen LogP contribution is -2.38. The highest BCUT2D eigenvalue weighted by molar-refractivity contribution is 9.10. The van der Waals surface area contributed by atoms with Crippen LogP contribution in [-0.4, -0.2) is 24.2 Å². The van der Waals surface area contributed by atoms with Gasteiger partial charge in [-0.1, -0.05) is 0 Å². The molecule has 0 aromatic carbocycles. The zero-order valence-corrected chi connectivity index (χ0v) is 7.23. The van der Waals surface area contributed by atoms with Gasteiger partial charge in [0.05, 0.1) is 28.6 Å². The molecule has 3 nitrogen and oxygen atoms in total. The van der Waals surface area contributed by atoms with Crippen LogP contribution in [0.5, 0.6) is 5.75 Å². The number of nitrogens with zero attached hydrogens (tertiary/aromatic N) is 1. The zero-order valence-electron chi connectivity index (χ0n) is 13.6. The molecule has 0 N–H and O–H groups in total.